The first-order chi connectivity index (χ1) is 4.83. The molecule has 1 rings (SSSR count). The Labute approximate surface area is 83.8 Å². The number of benzene rings is 1. The number of phenolic OH excluding ortho intramolecular Hbond substituents is 1. The van der Waals surface area contributed by atoms with E-state index < -0.39 is 0 Å². The molecule has 0 aliphatic rings. The number of halogens is 2. The minimum Gasteiger partial charge on any atom is -0.508 e. The van der Waals surface area contributed by atoms with Gasteiger partial charge in [-0.3, -0.25) is 11.3 Å². The van der Waals surface area contributed by atoms with Crippen LogP contribution in [0.1, 0.15) is 5.56 Å². The molecule has 0 fully saturated rings. The molecule has 1 aromatic carbocycles. The van der Waals surface area contributed by atoms with Crippen molar-refractivity contribution < 1.29 is 5.11 Å². The van der Waals surface area contributed by atoms with Crippen LogP contribution in [-0.4, -0.2) is 5.11 Å². The molecule has 0 unspecified atom stereocenters. The van der Waals surface area contributed by atoms with Gasteiger partial charge in [-0.25, -0.2) is 0 Å². The fourth-order valence-corrected chi connectivity index (χ4v) is 0.732. The third-order valence-electron chi connectivity index (χ3n) is 1.24. The molecule has 0 heterocycles. The Hall–Kier alpha value is -0.480. The Balaban J connectivity index is 0. The van der Waals surface area contributed by atoms with E-state index in [0.717, 1.165) is 5.56 Å². The molecule has 0 aromatic heterocycles. The van der Waals surface area contributed by atoms with E-state index >= 15 is 0 Å². The summed E-state index contributed by atoms with van der Waals surface area (Å²) in [5.74, 6) is 5.36. The van der Waals surface area contributed by atoms with Crippen molar-refractivity contribution in [1.29, 1.82) is 0 Å². The van der Waals surface area contributed by atoms with Crippen LogP contribution in [0, 0.1) is 0 Å². The second-order valence-electron chi connectivity index (χ2n) is 2.05. The summed E-state index contributed by atoms with van der Waals surface area (Å²) < 4.78 is 0. The lowest BCUT2D eigenvalue weighted by molar-refractivity contribution is 0.475. The molecule has 0 spiro atoms. The van der Waals surface area contributed by atoms with Crippen molar-refractivity contribution >= 4 is 24.8 Å². The van der Waals surface area contributed by atoms with Crippen molar-refractivity contribution in [2.45, 2.75) is 6.54 Å². The summed E-state index contributed by atoms with van der Waals surface area (Å²) in [6.45, 7) is 0.625. The predicted molar refractivity (Wildman–Crippen MR) is 53.6 cm³/mol. The second kappa shape index (κ2) is 7.18. The first-order valence-corrected chi connectivity index (χ1v) is 3.04. The van der Waals surface area contributed by atoms with Crippen LogP contribution in [0.25, 0.3) is 0 Å². The maximum absolute atomic E-state index is 8.87. The predicted octanol–water partition coefficient (Wildman–Crippen LogP) is 1.20. The van der Waals surface area contributed by atoms with Gasteiger partial charge in [0, 0.05) is 6.54 Å². The van der Waals surface area contributed by atoms with E-state index in [4.69, 9.17) is 10.9 Å². The van der Waals surface area contributed by atoms with Crippen LogP contribution in [0.5, 0.6) is 5.75 Å². The lowest BCUT2D eigenvalue weighted by atomic mass is 10.2. The molecule has 1 aromatic rings. The van der Waals surface area contributed by atoms with Crippen molar-refractivity contribution in [1.82, 2.24) is 5.43 Å². The van der Waals surface area contributed by atoms with Crippen LogP contribution in [0.3, 0.4) is 0 Å². The normalized spacial score (nSPS) is 8.08. The van der Waals surface area contributed by atoms with Gasteiger partial charge in [-0.2, -0.15) is 0 Å². The molecule has 0 bridgehead atoms. The van der Waals surface area contributed by atoms with Crippen LogP contribution >= 0.6 is 24.8 Å². The van der Waals surface area contributed by atoms with Gasteiger partial charge in [0.2, 0.25) is 0 Å². The van der Waals surface area contributed by atoms with Gasteiger partial charge in [-0.15, -0.1) is 24.8 Å². The number of rotatable bonds is 2. The fraction of sp³-hybridized carbons (Fsp3) is 0.143. The summed E-state index contributed by atoms with van der Waals surface area (Å²) in [6.07, 6.45) is 0. The molecule has 0 aliphatic heterocycles. The third-order valence-corrected chi connectivity index (χ3v) is 1.24. The van der Waals surface area contributed by atoms with Gasteiger partial charge in [-0.1, -0.05) is 12.1 Å². The zero-order valence-corrected chi connectivity index (χ0v) is 7.99. The molecule has 0 atom stereocenters. The van der Waals surface area contributed by atoms with Gasteiger partial charge in [0.05, 0.1) is 0 Å². The average Bonchev–Trinajstić information content (AvgIpc) is 1.95. The van der Waals surface area contributed by atoms with Crippen molar-refractivity contribution in [3.8, 4) is 5.75 Å². The Morgan fingerprint density at radius 2 is 1.67 bits per heavy atom. The number of hydrogen-bond donors (Lipinski definition) is 3. The number of hydrogen-bond acceptors (Lipinski definition) is 3. The first-order valence-electron chi connectivity index (χ1n) is 3.04. The van der Waals surface area contributed by atoms with Crippen molar-refractivity contribution in [3.05, 3.63) is 29.8 Å². The molecule has 3 nitrogen and oxygen atoms in total. The molecular weight excluding hydrogens is 199 g/mol. The van der Waals surface area contributed by atoms with Gasteiger partial charge in [-0.05, 0) is 17.7 Å². The quantitative estimate of drug-likeness (QED) is 0.508. The summed E-state index contributed by atoms with van der Waals surface area (Å²) >= 11 is 0. The van der Waals surface area contributed by atoms with Gasteiger partial charge in [0.1, 0.15) is 5.75 Å². The van der Waals surface area contributed by atoms with E-state index in [9.17, 15) is 0 Å². The largest absolute Gasteiger partial charge is 0.508 e. The van der Waals surface area contributed by atoms with Gasteiger partial charge < -0.3 is 5.11 Å². The smallest absolute Gasteiger partial charge is 0.115 e. The van der Waals surface area contributed by atoms with E-state index in [1.165, 1.54) is 0 Å². The summed E-state index contributed by atoms with van der Waals surface area (Å²) in [7, 11) is 0. The summed E-state index contributed by atoms with van der Waals surface area (Å²) in [5, 5.41) is 8.87. The highest BCUT2D eigenvalue weighted by molar-refractivity contribution is 5.85. The molecule has 0 amide bonds. The van der Waals surface area contributed by atoms with Crippen LogP contribution in [0.4, 0.5) is 0 Å². The molecule has 4 N–H and O–H groups in total. The standard InChI is InChI=1S/C7H10N2O.2ClH/c8-9-5-6-1-3-7(10)4-2-6;;/h1-4,9-10H,5,8H2;2*1H. The van der Waals surface area contributed by atoms with Crippen LogP contribution in [-0.2, 0) is 6.54 Å². The van der Waals surface area contributed by atoms with E-state index in [1.54, 1.807) is 12.1 Å². The van der Waals surface area contributed by atoms with Crippen molar-refractivity contribution in [3.63, 3.8) is 0 Å². The van der Waals surface area contributed by atoms with Gasteiger partial charge in [0.15, 0.2) is 0 Å². The van der Waals surface area contributed by atoms with E-state index in [2.05, 4.69) is 5.43 Å². The molecule has 70 valence electrons. The minimum atomic E-state index is 0. The summed E-state index contributed by atoms with van der Waals surface area (Å²) in [4.78, 5) is 0. The Bertz CT molecular complexity index is 203. The summed E-state index contributed by atoms with van der Waals surface area (Å²) in [6, 6.07) is 6.89. The van der Waals surface area contributed by atoms with Crippen LogP contribution in [0.15, 0.2) is 24.3 Å². The highest BCUT2D eigenvalue weighted by Gasteiger charge is 1.89. The van der Waals surface area contributed by atoms with Gasteiger partial charge in [0.25, 0.3) is 0 Å². The molecule has 0 saturated heterocycles. The average molecular weight is 211 g/mol. The topological polar surface area (TPSA) is 58.3 Å². The van der Waals surface area contributed by atoms with Crippen molar-refractivity contribution in [2.75, 3.05) is 0 Å². The Kier molecular flexibility index (Phi) is 8.42. The minimum absolute atomic E-state index is 0. The molecule has 0 radical (unpaired) electrons. The Morgan fingerprint density at radius 3 is 2.08 bits per heavy atom. The van der Waals surface area contributed by atoms with E-state index in [0.29, 0.717) is 6.54 Å². The zero-order chi connectivity index (χ0) is 7.40. The highest BCUT2D eigenvalue weighted by Crippen LogP contribution is 2.08. The number of phenols is 1. The van der Waals surface area contributed by atoms with Crippen molar-refractivity contribution in [2.24, 2.45) is 5.84 Å². The fourth-order valence-electron chi connectivity index (χ4n) is 0.732. The van der Waals surface area contributed by atoms with Gasteiger partial charge >= 0.3 is 0 Å². The SMILES string of the molecule is Cl.Cl.NNCc1ccc(O)cc1. The molecular formula is C7H12Cl2N2O. The molecule has 5 heteroatoms. The molecule has 0 aliphatic carbocycles. The zero-order valence-electron chi connectivity index (χ0n) is 6.36. The lowest BCUT2D eigenvalue weighted by Gasteiger charge is -1.97. The summed E-state index contributed by atoms with van der Waals surface area (Å²) in [5.41, 5.74) is 3.58. The molecule has 0 saturated carbocycles. The van der Waals surface area contributed by atoms with E-state index in [1.807, 2.05) is 12.1 Å². The molecule has 12 heavy (non-hydrogen) atoms. The number of nitrogens with one attached hydrogen (secondary N) is 1. The van der Waals surface area contributed by atoms with E-state index in [-0.39, 0.29) is 30.6 Å². The Morgan fingerprint density at radius 1 is 1.17 bits per heavy atom. The number of aromatic hydroxyl groups is 1. The maximum atomic E-state index is 8.87. The van der Waals surface area contributed by atoms with Crippen LogP contribution < -0.4 is 11.3 Å². The lowest BCUT2D eigenvalue weighted by Crippen LogP contribution is -2.20. The van der Waals surface area contributed by atoms with Crippen LogP contribution in [0.2, 0.25) is 0 Å². The number of nitrogens with two attached hydrogens (primary N) is 1. The maximum Gasteiger partial charge on any atom is 0.115 e. The first kappa shape index (κ1) is 14.1. The third kappa shape index (κ3) is 4.41. The monoisotopic (exact) mass is 210 g/mol. The highest BCUT2D eigenvalue weighted by atomic mass is 35.5. The second-order valence-corrected chi connectivity index (χ2v) is 2.05. The number of hydrazine groups is 1.